The molecular weight excluding hydrogens is 313 g/mol. The summed E-state index contributed by atoms with van der Waals surface area (Å²) in [6, 6.07) is 7.42. The number of benzene rings is 1. The highest BCUT2D eigenvalue weighted by molar-refractivity contribution is 5.79. The van der Waals surface area contributed by atoms with E-state index < -0.39 is 11.4 Å². The van der Waals surface area contributed by atoms with Crippen molar-refractivity contribution in [3.8, 4) is 0 Å². The van der Waals surface area contributed by atoms with E-state index in [-0.39, 0.29) is 17.8 Å². The molecule has 124 valence electrons. The number of aromatic nitrogens is 2. The first-order valence-electron chi connectivity index (χ1n) is 7.38. The molecule has 0 spiro atoms. The van der Waals surface area contributed by atoms with Gasteiger partial charge in [-0.2, -0.15) is 0 Å². The molecule has 0 radical (unpaired) electrons. The molecule has 24 heavy (non-hydrogen) atoms. The van der Waals surface area contributed by atoms with Gasteiger partial charge in [-0.25, -0.2) is 9.37 Å². The number of hydrogen-bond acceptors (Lipinski definition) is 4. The minimum Gasteiger partial charge on any atom is -0.464 e. The van der Waals surface area contributed by atoms with Crippen LogP contribution >= 0.6 is 0 Å². The summed E-state index contributed by atoms with van der Waals surface area (Å²) < 4.78 is 19.9. The van der Waals surface area contributed by atoms with Crippen LogP contribution in [0.2, 0.25) is 0 Å². The van der Waals surface area contributed by atoms with Crippen molar-refractivity contribution in [2.45, 2.75) is 20.0 Å². The topological polar surface area (TPSA) is 68.3 Å². The van der Waals surface area contributed by atoms with Crippen LogP contribution in [0.4, 0.5) is 4.39 Å². The SMILES string of the molecule is Cc1ccc(CN(C)C(=O)Cn2cnc3ccc(F)cc3c2=O)o1. The van der Waals surface area contributed by atoms with Crippen LogP contribution in [-0.2, 0) is 17.9 Å². The van der Waals surface area contributed by atoms with Gasteiger partial charge in [-0.05, 0) is 37.3 Å². The number of halogens is 1. The van der Waals surface area contributed by atoms with Crippen LogP contribution < -0.4 is 5.56 Å². The van der Waals surface area contributed by atoms with Gasteiger partial charge in [0.2, 0.25) is 5.91 Å². The van der Waals surface area contributed by atoms with Gasteiger partial charge in [0.05, 0.1) is 23.8 Å². The third-order valence-corrected chi connectivity index (χ3v) is 3.71. The molecule has 6 nitrogen and oxygen atoms in total. The Bertz CT molecular complexity index is 961. The van der Waals surface area contributed by atoms with E-state index in [1.807, 2.05) is 13.0 Å². The molecular formula is C17H16FN3O3. The van der Waals surface area contributed by atoms with Crippen molar-refractivity contribution in [3.05, 3.63) is 64.4 Å². The Balaban J connectivity index is 1.80. The number of carbonyl (C=O) groups excluding carboxylic acids is 1. The number of likely N-dealkylation sites (N-methyl/N-ethyl adjacent to an activating group) is 1. The lowest BCUT2D eigenvalue weighted by Gasteiger charge is -2.16. The smallest absolute Gasteiger partial charge is 0.261 e. The van der Waals surface area contributed by atoms with Gasteiger partial charge in [0.1, 0.15) is 23.9 Å². The fourth-order valence-corrected chi connectivity index (χ4v) is 2.40. The Hall–Kier alpha value is -2.96. The molecule has 7 heteroatoms. The van der Waals surface area contributed by atoms with Crippen LogP contribution in [0.15, 0.2) is 45.9 Å². The van der Waals surface area contributed by atoms with E-state index in [0.717, 1.165) is 11.8 Å². The monoisotopic (exact) mass is 329 g/mol. The summed E-state index contributed by atoms with van der Waals surface area (Å²) in [5.41, 5.74) is -0.0559. The summed E-state index contributed by atoms with van der Waals surface area (Å²) in [4.78, 5) is 30.2. The van der Waals surface area contributed by atoms with Gasteiger partial charge < -0.3 is 9.32 Å². The minimum atomic E-state index is -0.518. The number of nitrogens with zero attached hydrogens (tertiary/aromatic N) is 3. The lowest BCUT2D eigenvalue weighted by molar-refractivity contribution is -0.131. The van der Waals surface area contributed by atoms with Crippen molar-refractivity contribution >= 4 is 16.8 Å². The molecule has 0 aliphatic heterocycles. The predicted octanol–water partition coefficient (Wildman–Crippen LogP) is 2.10. The molecule has 0 fully saturated rings. The largest absolute Gasteiger partial charge is 0.464 e. The maximum atomic E-state index is 13.3. The standard InChI is InChI=1S/C17H16FN3O3/c1-11-3-5-13(24-11)8-20(2)16(22)9-21-10-19-15-6-4-12(18)7-14(15)17(21)23/h3-7,10H,8-9H2,1-2H3. The van der Waals surface area contributed by atoms with E-state index in [0.29, 0.717) is 17.8 Å². The fraction of sp³-hybridized carbons (Fsp3) is 0.235. The quantitative estimate of drug-likeness (QED) is 0.735. The van der Waals surface area contributed by atoms with Crippen LogP contribution in [0.1, 0.15) is 11.5 Å². The highest BCUT2D eigenvalue weighted by atomic mass is 19.1. The third kappa shape index (κ3) is 3.19. The Morgan fingerprint density at radius 1 is 1.33 bits per heavy atom. The van der Waals surface area contributed by atoms with Crippen molar-refractivity contribution in [1.82, 2.24) is 14.5 Å². The van der Waals surface area contributed by atoms with E-state index in [1.54, 1.807) is 13.1 Å². The van der Waals surface area contributed by atoms with Crippen LogP contribution in [0.5, 0.6) is 0 Å². The molecule has 0 saturated carbocycles. The van der Waals surface area contributed by atoms with Crippen LogP contribution in [0.25, 0.3) is 10.9 Å². The summed E-state index contributed by atoms with van der Waals surface area (Å²) in [5.74, 6) is 0.636. The zero-order valence-corrected chi connectivity index (χ0v) is 13.3. The van der Waals surface area contributed by atoms with Crippen molar-refractivity contribution in [2.75, 3.05) is 7.05 Å². The van der Waals surface area contributed by atoms with Crippen molar-refractivity contribution in [3.63, 3.8) is 0 Å². The molecule has 0 unspecified atom stereocenters. The van der Waals surface area contributed by atoms with Crippen molar-refractivity contribution in [1.29, 1.82) is 0 Å². The van der Waals surface area contributed by atoms with Gasteiger partial charge in [0.25, 0.3) is 5.56 Å². The molecule has 3 rings (SSSR count). The number of furan rings is 1. The average molecular weight is 329 g/mol. The molecule has 0 aliphatic rings. The second-order valence-corrected chi connectivity index (χ2v) is 5.60. The molecule has 3 aromatic rings. The van der Waals surface area contributed by atoms with Crippen LogP contribution in [-0.4, -0.2) is 27.4 Å². The van der Waals surface area contributed by atoms with E-state index in [2.05, 4.69) is 4.98 Å². The van der Waals surface area contributed by atoms with Gasteiger partial charge in [-0.3, -0.25) is 14.2 Å². The first-order valence-corrected chi connectivity index (χ1v) is 7.38. The molecule has 1 amide bonds. The first-order chi connectivity index (χ1) is 11.4. The normalized spacial score (nSPS) is 11.0. The van der Waals surface area contributed by atoms with Crippen molar-refractivity contribution in [2.24, 2.45) is 0 Å². The number of carbonyl (C=O) groups is 1. The second-order valence-electron chi connectivity index (χ2n) is 5.60. The lowest BCUT2D eigenvalue weighted by atomic mass is 10.2. The minimum absolute atomic E-state index is 0.148. The molecule has 0 bridgehead atoms. The Morgan fingerprint density at radius 2 is 2.12 bits per heavy atom. The van der Waals surface area contributed by atoms with E-state index in [9.17, 15) is 14.0 Å². The molecule has 0 N–H and O–H groups in total. The lowest BCUT2D eigenvalue weighted by Crippen LogP contribution is -2.33. The average Bonchev–Trinajstić information content (AvgIpc) is 2.95. The van der Waals surface area contributed by atoms with Crippen molar-refractivity contribution < 1.29 is 13.6 Å². The maximum Gasteiger partial charge on any atom is 0.261 e. The van der Waals surface area contributed by atoms with E-state index >= 15 is 0 Å². The highest BCUT2D eigenvalue weighted by Crippen LogP contribution is 2.10. The molecule has 0 atom stereocenters. The Morgan fingerprint density at radius 3 is 2.83 bits per heavy atom. The predicted molar refractivity (Wildman–Crippen MR) is 85.9 cm³/mol. The summed E-state index contributed by atoms with van der Waals surface area (Å²) in [6.07, 6.45) is 1.30. The Labute approximate surface area is 137 Å². The highest BCUT2D eigenvalue weighted by Gasteiger charge is 2.14. The van der Waals surface area contributed by atoms with Gasteiger partial charge in [0.15, 0.2) is 0 Å². The van der Waals surface area contributed by atoms with E-state index in [4.69, 9.17) is 4.42 Å². The number of aryl methyl sites for hydroxylation is 1. The summed E-state index contributed by atoms with van der Waals surface area (Å²) in [5, 5.41) is 0.148. The van der Waals surface area contributed by atoms with Gasteiger partial charge >= 0.3 is 0 Å². The fourth-order valence-electron chi connectivity index (χ4n) is 2.40. The zero-order chi connectivity index (χ0) is 17.3. The molecule has 1 aromatic carbocycles. The third-order valence-electron chi connectivity index (χ3n) is 3.71. The number of amides is 1. The van der Waals surface area contributed by atoms with Gasteiger partial charge in [-0.1, -0.05) is 0 Å². The maximum absolute atomic E-state index is 13.3. The molecule has 2 heterocycles. The van der Waals surface area contributed by atoms with E-state index in [1.165, 1.54) is 27.9 Å². The van der Waals surface area contributed by atoms with Crippen LogP contribution in [0.3, 0.4) is 0 Å². The second kappa shape index (κ2) is 6.27. The molecule has 0 saturated heterocycles. The summed E-state index contributed by atoms with van der Waals surface area (Å²) in [7, 11) is 1.62. The summed E-state index contributed by atoms with van der Waals surface area (Å²) >= 11 is 0. The number of fused-ring (bicyclic) bond motifs is 1. The summed E-state index contributed by atoms with van der Waals surface area (Å²) in [6.45, 7) is 1.95. The zero-order valence-electron chi connectivity index (χ0n) is 13.3. The molecule has 0 aliphatic carbocycles. The van der Waals surface area contributed by atoms with Crippen LogP contribution in [0, 0.1) is 12.7 Å². The van der Waals surface area contributed by atoms with Gasteiger partial charge in [0, 0.05) is 7.05 Å². The Kier molecular flexibility index (Phi) is 4.16. The first kappa shape index (κ1) is 15.9. The number of rotatable bonds is 4. The number of hydrogen-bond donors (Lipinski definition) is 0. The van der Waals surface area contributed by atoms with Gasteiger partial charge in [-0.15, -0.1) is 0 Å². The molecule has 2 aromatic heterocycles.